The predicted octanol–water partition coefficient (Wildman–Crippen LogP) is 2.40. The number of benzene rings is 1. The molecule has 1 heterocycles. The summed E-state index contributed by atoms with van der Waals surface area (Å²) in [7, 11) is -3.77. The molecule has 1 fully saturated rings. The number of nitrogens with zero attached hydrogens (tertiary/aromatic N) is 2. The largest absolute Gasteiger partial charge is 0.378 e. The van der Waals surface area contributed by atoms with Crippen molar-refractivity contribution in [1.29, 1.82) is 5.26 Å². The number of halogens is 1. The molecule has 0 saturated carbocycles. The molecule has 0 N–H and O–H groups in total. The summed E-state index contributed by atoms with van der Waals surface area (Å²) in [4.78, 5) is -0.00373. The smallest absolute Gasteiger partial charge is 0.245 e. The first-order valence-electron chi connectivity index (χ1n) is 6.65. The van der Waals surface area contributed by atoms with Crippen molar-refractivity contribution in [3.8, 4) is 6.07 Å². The lowest BCUT2D eigenvalue weighted by atomic mass is 9.99. The lowest BCUT2D eigenvalue weighted by molar-refractivity contribution is -0.0186. The van der Waals surface area contributed by atoms with E-state index in [9.17, 15) is 13.7 Å². The summed E-state index contributed by atoms with van der Waals surface area (Å²) >= 11 is 5.84. The number of sulfonamides is 1. The maximum Gasteiger partial charge on any atom is 0.245 e. The minimum Gasteiger partial charge on any atom is -0.378 e. The Morgan fingerprint density at radius 2 is 2.24 bits per heavy atom. The molecule has 1 aliphatic heterocycles. The fraction of sp³-hybridized carbons (Fsp3) is 0.500. The average molecular weight is 329 g/mol. The van der Waals surface area contributed by atoms with Crippen molar-refractivity contribution >= 4 is 21.6 Å². The minimum absolute atomic E-state index is 0.00373. The molecule has 0 aromatic heterocycles. The summed E-state index contributed by atoms with van der Waals surface area (Å²) in [6.45, 7) is 4.75. The number of hydrogen-bond donors (Lipinski definition) is 0. The summed E-state index contributed by atoms with van der Waals surface area (Å²) in [6.07, 6.45) is 0.627. The van der Waals surface area contributed by atoms with Gasteiger partial charge in [0.25, 0.3) is 0 Å². The molecule has 0 bridgehead atoms. The normalized spacial score (nSPS) is 23.7. The van der Waals surface area contributed by atoms with Crippen LogP contribution in [-0.2, 0) is 14.8 Å². The van der Waals surface area contributed by atoms with E-state index >= 15 is 0 Å². The molecule has 0 aliphatic carbocycles. The van der Waals surface area contributed by atoms with Gasteiger partial charge in [-0.3, -0.25) is 0 Å². The Balaban J connectivity index is 2.54. The zero-order valence-electron chi connectivity index (χ0n) is 12.0. The maximum atomic E-state index is 12.9. The van der Waals surface area contributed by atoms with Crippen LogP contribution in [0.4, 0.5) is 0 Å². The first-order valence-corrected chi connectivity index (χ1v) is 8.47. The van der Waals surface area contributed by atoms with Gasteiger partial charge in [0.15, 0.2) is 0 Å². The summed E-state index contributed by atoms with van der Waals surface area (Å²) in [5.41, 5.74) is -0.545. The number of morpholine rings is 1. The number of nitriles is 1. The third kappa shape index (κ3) is 2.92. The van der Waals surface area contributed by atoms with Crippen molar-refractivity contribution in [2.75, 3.05) is 19.8 Å². The second-order valence-electron chi connectivity index (χ2n) is 5.23. The van der Waals surface area contributed by atoms with Crippen LogP contribution in [0.2, 0.25) is 5.02 Å². The first kappa shape index (κ1) is 16.2. The zero-order chi connectivity index (χ0) is 15.7. The summed E-state index contributed by atoms with van der Waals surface area (Å²) in [5, 5.41) is 9.51. The van der Waals surface area contributed by atoms with Crippen LogP contribution in [0.25, 0.3) is 0 Å². The van der Waals surface area contributed by atoms with E-state index in [2.05, 4.69) is 0 Å². The molecular formula is C14H17ClN2O3S. The van der Waals surface area contributed by atoms with Crippen molar-refractivity contribution in [3.63, 3.8) is 0 Å². The van der Waals surface area contributed by atoms with Crippen molar-refractivity contribution in [1.82, 2.24) is 4.31 Å². The highest BCUT2D eigenvalue weighted by molar-refractivity contribution is 7.89. The lowest BCUT2D eigenvalue weighted by Crippen LogP contribution is -2.56. The Morgan fingerprint density at radius 1 is 1.52 bits per heavy atom. The Morgan fingerprint density at radius 3 is 2.86 bits per heavy atom. The summed E-state index contributed by atoms with van der Waals surface area (Å²) in [6, 6.07) is 6.15. The van der Waals surface area contributed by atoms with Crippen molar-refractivity contribution in [2.24, 2.45) is 0 Å². The standard InChI is InChI=1S/C14H17ClN2O3S/c1-3-14(2)10-20-7-6-17(14)21(18,19)13-5-4-12(15)8-11(13)9-16/h4-5,8H,3,6-7,10H2,1-2H3/t14-/m0/s1. The van der Waals surface area contributed by atoms with Crippen LogP contribution in [0.1, 0.15) is 25.8 Å². The molecule has 1 aliphatic rings. The molecule has 0 spiro atoms. The molecule has 5 nitrogen and oxygen atoms in total. The fourth-order valence-corrected chi connectivity index (χ4v) is 4.51. The van der Waals surface area contributed by atoms with Gasteiger partial charge in [-0.2, -0.15) is 9.57 Å². The number of hydrogen-bond acceptors (Lipinski definition) is 4. The Hall–Kier alpha value is -1.13. The molecule has 0 amide bonds. The molecule has 1 saturated heterocycles. The van der Waals surface area contributed by atoms with Crippen molar-refractivity contribution in [2.45, 2.75) is 30.7 Å². The van der Waals surface area contributed by atoms with Crippen LogP contribution >= 0.6 is 11.6 Å². The van der Waals surface area contributed by atoms with E-state index in [0.717, 1.165) is 0 Å². The summed E-state index contributed by atoms with van der Waals surface area (Å²) < 4.78 is 32.7. The van der Waals surface area contributed by atoms with Crippen LogP contribution in [0, 0.1) is 11.3 Å². The van der Waals surface area contributed by atoms with Gasteiger partial charge in [0.2, 0.25) is 10.0 Å². The van der Waals surface area contributed by atoms with E-state index in [1.165, 1.54) is 22.5 Å². The molecule has 7 heteroatoms. The van der Waals surface area contributed by atoms with E-state index in [0.29, 0.717) is 24.7 Å². The highest BCUT2D eigenvalue weighted by Crippen LogP contribution is 2.32. The van der Waals surface area contributed by atoms with E-state index < -0.39 is 15.6 Å². The van der Waals surface area contributed by atoms with Gasteiger partial charge in [0.05, 0.1) is 24.3 Å². The molecule has 1 atom stereocenters. The van der Waals surface area contributed by atoms with Gasteiger partial charge < -0.3 is 4.74 Å². The van der Waals surface area contributed by atoms with Crippen LogP contribution in [0.5, 0.6) is 0 Å². The second-order valence-corrected chi connectivity index (χ2v) is 7.50. The molecule has 1 aromatic rings. The van der Waals surface area contributed by atoms with Gasteiger partial charge in [-0.1, -0.05) is 18.5 Å². The fourth-order valence-electron chi connectivity index (χ4n) is 2.40. The Labute approximate surface area is 130 Å². The number of ether oxygens (including phenoxy) is 1. The highest BCUT2D eigenvalue weighted by atomic mass is 35.5. The maximum absolute atomic E-state index is 12.9. The molecule has 114 valence electrons. The van der Waals surface area contributed by atoms with E-state index in [4.69, 9.17) is 16.3 Å². The SMILES string of the molecule is CC[C@@]1(C)COCCN1S(=O)(=O)c1ccc(Cl)cc1C#N. The van der Waals surface area contributed by atoms with Crippen molar-refractivity contribution < 1.29 is 13.2 Å². The second kappa shape index (κ2) is 5.93. The van der Waals surface area contributed by atoms with E-state index in [1.807, 2.05) is 19.9 Å². The van der Waals surface area contributed by atoms with E-state index in [-0.39, 0.29) is 17.0 Å². The van der Waals surface area contributed by atoms with Gasteiger partial charge in [-0.15, -0.1) is 0 Å². The number of rotatable bonds is 3. The molecule has 0 radical (unpaired) electrons. The molecular weight excluding hydrogens is 312 g/mol. The van der Waals surface area contributed by atoms with E-state index in [1.54, 1.807) is 0 Å². The molecule has 0 unspecified atom stereocenters. The first-order chi connectivity index (χ1) is 9.85. The zero-order valence-corrected chi connectivity index (χ0v) is 13.5. The van der Waals surface area contributed by atoms with Crippen LogP contribution in [0.3, 0.4) is 0 Å². The topological polar surface area (TPSA) is 70.4 Å². The van der Waals surface area contributed by atoms with Gasteiger partial charge in [0, 0.05) is 11.6 Å². The van der Waals surface area contributed by atoms with Gasteiger partial charge in [0.1, 0.15) is 11.0 Å². The minimum atomic E-state index is -3.77. The van der Waals surface area contributed by atoms with Crippen LogP contribution in [-0.4, -0.2) is 38.0 Å². The van der Waals surface area contributed by atoms with Gasteiger partial charge in [-0.05, 0) is 31.5 Å². The van der Waals surface area contributed by atoms with Crippen LogP contribution in [0.15, 0.2) is 23.1 Å². The van der Waals surface area contributed by atoms with Gasteiger partial charge >= 0.3 is 0 Å². The monoisotopic (exact) mass is 328 g/mol. The molecule has 21 heavy (non-hydrogen) atoms. The third-order valence-corrected chi connectivity index (χ3v) is 6.20. The molecule has 2 rings (SSSR count). The predicted molar refractivity (Wildman–Crippen MR) is 79.6 cm³/mol. The quantitative estimate of drug-likeness (QED) is 0.854. The van der Waals surface area contributed by atoms with Crippen LogP contribution < -0.4 is 0 Å². The highest BCUT2D eigenvalue weighted by Gasteiger charge is 2.42. The Bertz CT molecular complexity index is 684. The average Bonchev–Trinajstić information content (AvgIpc) is 2.47. The summed E-state index contributed by atoms with van der Waals surface area (Å²) in [5.74, 6) is 0. The van der Waals surface area contributed by atoms with Gasteiger partial charge in [-0.25, -0.2) is 8.42 Å². The third-order valence-electron chi connectivity index (χ3n) is 3.85. The van der Waals surface area contributed by atoms with Crippen molar-refractivity contribution in [3.05, 3.63) is 28.8 Å². The lowest BCUT2D eigenvalue weighted by Gasteiger charge is -2.42. The Kier molecular flexibility index (Phi) is 4.59. The molecule has 1 aromatic carbocycles.